The Morgan fingerprint density at radius 1 is 1.15 bits per heavy atom. The summed E-state index contributed by atoms with van der Waals surface area (Å²) in [6.45, 7) is 2.58. The van der Waals surface area contributed by atoms with E-state index in [9.17, 15) is 18.0 Å². The summed E-state index contributed by atoms with van der Waals surface area (Å²) in [4.78, 5) is 21.5. The van der Waals surface area contributed by atoms with E-state index in [1.165, 1.54) is 12.1 Å². The molecule has 0 radical (unpaired) electrons. The highest BCUT2D eigenvalue weighted by Gasteiger charge is 2.16. The number of carboxylic acid groups (broad SMARTS) is 1. The first-order valence-electron chi connectivity index (χ1n) is 5.78. The van der Waals surface area contributed by atoms with Crippen molar-refractivity contribution in [3.8, 4) is 0 Å². The molecule has 0 unspecified atom stereocenters. The lowest BCUT2D eigenvalue weighted by Crippen LogP contribution is -2.39. The number of hydrogen-bond acceptors (Lipinski definition) is 4. The number of carbonyl (C=O) groups is 2. The van der Waals surface area contributed by atoms with Gasteiger partial charge in [-0.3, -0.25) is 9.59 Å². The Morgan fingerprint density at radius 3 is 2.35 bits per heavy atom. The molecule has 3 N–H and O–H groups in total. The summed E-state index contributed by atoms with van der Waals surface area (Å²) in [6, 6.07) is 4.63. The van der Waals surface area contributed by atoms with E-state index >= 15 is 0 Å². The Bertz CT molecular complexity index is 625. The number of rotatable bonds is 6. The topological polar surface area (TPSA) is 113 Å². The number of aliphatic carboxylic acids is 1. The first-order valence-corrected chi connectivity index (χ1v) is 7.26. The molecule has 20 heavy (non-hydrogen) atoms. The zero-order valence-corrected chi connectivity index (χ0v) is 12.0. The average molecular weight is 300 g/mol. The third kappa shape index (κ3) is 4.63. The fourth-order valence-corrected chi connectivity index (χ4v) is 2.43. The van der Waals surface area contributed by atoms with Crippen molar-refractivity contribution in [3.63, 3.8) is 0 Å². The molecule has 7 nitrogen and oxygen atoms in total. The van der Waals surface area contributed by atoms with Crippen LogP contribution in [-0.2, 0) is 19.6 Å². The summed E-state index contributed by atoms with van der Waals surface area (Å²) in [7, 11) is -3.79. The molecule has 0 aromatic heterocycles. The quantitative estimate of drug-likeness (QED) is 0.672. The van der Waals surface area contributed by atoms with E-state index in [4.69, 9.17) is 5.11 Å². The van der Waals surface area contributed by atoms with Gasteiger partial charge in [0, 0.05) is 0 Å². The number of benzene rings is 1. The van der Waals surface area contributed by atoms with Crippen LogP contribution < -0.4 is 10.0 Å². The van der Waals surface area contributed by atoms with Gasteiger partial charge in [0.1, 0.15) is 6.54 Å². The number of carboxylic acids is 1. The Labute approximate surface area is 117 Å². The van der Waals surface area contributed by atoms with Crippen LogP contribution in [0.15, 0.2) is 23.1 Å². The maximum Gasteiger partial charge on any atom is 0.322 e. The minimum absolute atomic E-state index is 0.0617. The monoisotopic (exact) mass is 300 g/mol. The van der Waals surface area contributed by atoms with E-state index in [0.717, 1.165) is 11.1 Å². The molecule has 0 atom stereocenters. The van der Waals surface area contributed by atoms with Crippen molar-refractivity contribution < 1.29 is 23.1 Å². The number of carbonyl (C=O) groups excluding carboxylic acids is 1. The van der Waals surface area contributed by atoms with Crippen molar-refractivity contribution >= 4 is 21.9 Å². The zero-order valence-electron chi connectivity index (χ0n) is 11.1. The third-order valence-electron chi connectivity index (χ3n) is 2.65. The van der Waals surface area contributed by atoms with Gasteiger partial charge in [0.2, 0.25) is 15.9 Å². The van der Waals surface area contributed by atoms with Crippen molar-refractivity contribution in [1.82, 2.24) is 10.0 Å². The molecule has 1 aromatic rings. The van der Waals surface area contributed by atoms with E-state index in [2.05, 4.69) is 10.0 Å². The summed E-state index contributed by atoms with van der Waals surface area (Å²) in [6.07, 6.45) is 0. The molecule has 0 spiro atoms. The second-order valence-corrected chi connectivity index (χ2v) is 6.01. The van der Waals surface area contributed by atoms with Gasteiger partial charge in [-0.1, -0.05) is 6.07 Å². The minimum atomic E-state index is -3.79. The van der Waals surface area contributed by atoms with E-state index in [-0.39, 0.29) is 4.90 Å². The Morgan fingerprint density at radius 2 is 1.80 bits per heavy atom. The molecule has 1 rings (SSSR count). The highest BCUT2D eigenvalue weighted by molar-refractivity contribution is 7.89. The van der Waals surface area contributed by atoms with Gasteiger partial charge in [-0.2, -0.15) is 0 Å². The van der Waals surface area contributed by atoms with Gasteiger partial charge < -0.3 is 10.4 Å². The van der Waals surface area contributed by atoms with Gasteiger partial charge in [-0.15, -0.1) is 0 Å². The van der Waals surface area contributed by atoms with Crippen LogP contribution >= 0.6 is 0 Å². The van der Waals surface area contributed by atoms with Gasteiger partial charge in [-0.25, -0.2) is 13.1 Å². The highest BCUT2D eigenvalue weighted by atomic mass is 32.2. The number of hydrogen-bond donors (Lipinski definition) is 3. The number of amides is 1. The summed E-state index contributed by atoms with van der Waals surface area (Å²) in [5.74, 6) is -1.91. The molecule has 8 heteroatoms. The molecule has 0 saturated heterocycles. The minimum Gasteiger partial charge on any atom is -0.480 e. The number of nitrogens with one attached hydrogen (secondary N) is 2. The van der Waals surface area contributed by atoms with Crippen molar-refractivity contribution in [3.05, 3.63) is 29.3 Å². The van der Waals surface area contributed by atoms with Crippen LogP contribution in [0.2, 0.25) is 0 Å². The molecule has 0 fully saturated rings. The third-order valence-corrected chi connectivity index (χ3v) is 4.05. The molecular formula is C12H16N2O5S. The van der Waals surface area contributed by atoms with E-state index in [1.807, 2.05) is 6.92 Å². The van der Waals surface area contributed by atoms with Crippen molar-refractivity contribution in [2.24, 2.45) is 0 Å². The van der Waals surface area contributed by atoms with Crippen molar-refractivity contribution in [2.45, 2.75) is 18.7 Å². The zero-order chi connectivity index (χ0) is 15.3. The largest absolute Gasteiger partial charge is 0.480 e. The predicted octanol–water partition coefficient (Wildman–Crippen LogP) is -0.217. The fraction of sp³-hybridized carbons (Fsp3) is 0.333. The van der Waals surface area contributed by atoms with Gasteiger partial charge in [0.25, 0.3) is 0 Å². The first kappa shape index (κ1) is 16.1. The molecule has 0 saturated carbocycles. The number of aryl methyl sites for hydroxylation is 2. The molecule has 0 aliphatic heterocycles. The van der Waals surface area contributed by atoms with Crippen LogP contribution in [0.1, 0.15) is 11.1 Å². The van der Waals surface area contributed by atoms with Gasteiger partial charge in [-0.05, 0) is 37.1 Å². The van der Waals surface area contributed by atoms with E-state index in [1.54, 1.807) is 13.0 Å². The highest BCUT2D eigenvalue weighted by Crippen LogP contribution is 2.14. The maximum absolute atomic E-state index is 11.9. The van der Waals surface area contributed by atoms with Crippen LogP contribution in [0.3, 0.4) is 0 Å². The standard InChI is InChI=1S/C12H16N2O5S/c1-8-3-4-10(5-9(8)2)20(18,19)14-6-11(15)13-7-12(16)17/h3-5,14H,6-7H2,1-2H3,(H,13,15)(H,16,17). The van der Waals surface area contributed by atoms with Crippen LogP contribution in [-0.4, -0.2) is 38.5 Å². The Balaban J connectivity index is 2.68. The van der Waals surface area contributed by atoms with Crippen LogP contribution in [0, 0.1) is 13.8 Å². The van der Waals surface area contributed by atoms with Gasteiger partial charge >= 0.3 is 5.97 Å². The summed E-state index contributed by atoms with van der Waals surface area (Å²) < 4.78 is 26.0. The second-order valence-electron chi connectivity index (χ2n) is 4.24. The molecule has 0 aliphatic carbocycles. The molecule has 0 bridgehead atoms. The van der Waals surface area contributed by atoms with E-state index < -0.39 is 35.0 Å². The lowest BCUT2D eigenvalue weighted by Gasteiger charge is -2.08. The fourth-order valence-electron chi connectivity index (χ4n) is 1.36. The molecule has 1 amide bonds. The lowest BCUT2D eigenvalue weighted by molar-refractivity contribution is -0.137. The van der Waals surface area contributed by atoms with Crippen LogP contribution in [0.25, 0.3) is 0 Å². The Kier molecular flexibility index (Phi) is 5.23. The first-order chi connectivity index (χ1) is 9.22. The lowest BCUT2D eigenvalue weighted by atomic mass is 10.1. The van der Waals surface area contributed by atoms with Gasteiger partial charge in [0.15, 0.2) is 0 Å². The second kappa shape index (κ2) is 6.49. The molecule has 1 aromatic carbocycles. The van der Waals surface area contributed by atoms with Crippen molar-refractivity contribution in [2.75, 3.05) is 13.1 Å². The molecular weight excluding hydrogens is 284 g/mol. The SMILES string of the molecule is Cc1ccc(S(=O)(=O)NCC(=O)NCC(=O)O)cc1C. The molecule has 0 heterocycles. The Hall–Kier alpha value is -1.93. The summed E-state index contributed by atoms with van der Waals surface area (Å²) in [5.41, 5.74) is 1.78. The molecule has 110 valence electrons. The molecule has 0 aliphatic rings. The van der Waals surface area contributed by atoms with E-state index in [0.29, 0.717) is 0 Å². The number of sulfonamides is 1. The predicted molar refractivity (Wildman–Crippen MR) is 71.8 cm³/mol. The maximum atomic E-state index is 11.9. The van der Waals surface area contributed by atoms with Crippen LogP contribution in [0.5, 0.6) is 0 Å². The van der Waals surface area contributed by atoms with Crippen LogP contribution in [0.4, 0.5) is 0 Å². The van der Waals surface area contributed by atoms with Crippen molar-refractivity contribution in [1.29, 1.82) is 0 Å². The summed E-state index contributed by atoms with van der Waals surface area (Å²) in [5, 5.41) is 10.4. The normalized spacial score (nSPS) is 11.1. The summed E-state index contributed by atoms with van der Waals surface area (Å²) >= 11 is 0. The smallest absolute Gasteiger partial charge is 0.322 e. The van der Waals surface area contributed by atoms with Gasteiger partial charge in [0.05, 0.1) is 11.4 Å². The average Bonchev–Trinajstić information content (AvgIpc) is 2.37.